The number of pyridine rings is 1. The first kappa shape index (κ1) is 15.5. The molecule has 5 nitrogen and oxygen atoms in total. The Hall–Kier alpha value is -1.90. The van der Waals surface area contributed by atoms with Crippen molar-refractivity contribution in [2.24, 2.45) is 5.73 Å². The molecule has 0 radical (unpaired) electrons. The normalized spacial score (nSPS) is 17.1. The van der Waals surface area contributed by atoms with E-state index in [4.69, 9.17) is 10.5 Å². The van der Waals surface area contributed by atoms with Crippen molar-refractivity contribution in [1.82, 2.24) is 9.88 Å². The van der Waals surface area contributed by atoms with E-state index in [0.29, 0.717) is 24.2 Å². The number of amides is 1. The summed E-state index contributed by atoms with van der Waals surface area (Å²) in [5.41, 5.74) is 6.59. The molecule has 0 spiro atoms. The second-order valence-corrected chi connectivity index (χ2v) is 4.91. The van der Waals surface area contributed by atoms with Gasteiger partial charge in [-0.05, 0) is 25.8 Å². The van der Waals surface area contributed by atoms with E-state index in [1.165, 1.54) is 0 Å². The van der Waals surface area contributed by atoms with Crippen LogP contribution in [0, 0.1) is 11.8 Å². The third-order valence-electron chi connectivity index (χ3n) is 3.49. The van der Waals surface area contributed by atoms with Crippen LogP contribution in [-0.2, 0) is 4.74 Å². The molecule has 2 rings (SSSR count). The van der Waals surface area contributed by atoms with Crippen molar-refractivity contribution >= 4 is 5.91 Å². The van der Waals surface area contributed by atoms with Crippen LogP contribution in [0.3, 0.4) is 0 Å². The standard InChI is InChI=1S/C16H21N3O2/c1-2-19(12-14-6-4-10-21-14)16(20)15-7-9-18-11-13(15)5-3-8-17/h7,9,11,14H,2,4,6,8,10,12,17H2,1H3. The van der Waals surface area contributed by atoms with E-state index >= 15 is 0 Å². The molecule has 2 N–H and O–H groups in total. The molecule has 1 aliphatic rings. The second-order valence-electron chi connectivity index (χ2n) is 4.91. The predicted molar refractivity (Wildman–Crippen MR) is 80.7 cm³/mol. The van der Waals surface area contributed by atoms with Crippen LogP contribution in [0.15, 0.2) is 18.5 Å². The van der Waals surface area contributed by atoms with Gasteiger partial charge in [-0.1, -0.05) is 11.8 Å². The Morgan fingerprint density at radius 2 is 2.48 bits per heavy atom. The summed E-state index contributed by atoms with van der Waals surface area (Å²) in [6, 6.07) is 1.71. The molecular weight excluding hydrogens is 266 g/mol. The van der Waals surface area contributed by atoms with Gasteiger partial charge in [0.2, 0.25) is 0 Å². The smallest absolute Gasteiger partial charge is 0.255 e. The summed E-state index contributed by atoms with van der Waals surface area (Å²) in [5.74, 6) is 5.65. The van der Waals surface area contributed by atoms with Crippen molar-refractivity contribution < 1.29 is 9.53 Å². The number of carbonyl (C=O) groups is 1. The van der Waals surface area contributed by atoms with Gasteiger partial charge in [-0.2, -0.15) is 0 Å². The highest BCUT2D eigenvalue weighted by Crippen LogP contribution is 2.16. The fourth-order valence-corrected chi connectivity index (χ4v) is 2.39. The van der Waals surface area contributed by atoms with Crippen LogP contribution in [0.2, 0.25) is 0 Å². The van der Waals surface area contributed by atoms with E-state index in [2.05, 4.69) is 16.8 Å². The SMILES string of the molecule is CCN(CC1CCCO1)C(=O)c1ccncc1C#CCN. The van der Waals surface area contributed by atoms with Crippen LogP contribution >= 0.6 is 0 Å². The molecule has 1 aliphatic heterocycles. The quantitative estimate of drug-likeness (QED) is 0.840. The van der Waals surface area contributed by atoms with Crippen molar-refractivity contribution in [3.05, 3.63) is 29.6 Å². The Balaban J connectivity index is 2.16. The zero-order chi connectivity index (χ0) is 15.1. The lowest BCUT2D eigenvalue weighted by Crippen LogP contribution is -2.37. The van der Waals surface area contributed by atoms with Gasteiger partial charge in [-0.3, -0.25) is 9.78 Å². The molecule has 1 aromatic rings. The summed E-state index contributed by atoms with van der Waals surface area (Å²) in [7, 11) is 0. The van der Waals surface area contributed by atoms with Crippen LogP contribution < -0.4 is 5.73 Å². The number of likely N-dealkylation sites (N-methyl/N-ethyl adjacent to an activating group) is 1. The number of hydrogen-bond acceptors (Lipinski definition) is 4. The number of aromatic nitrogens is 1. The Morgan fingerprint density at radius 3 is 3.14 bits per heavy atom. The molecule has 1 amide bonds. The number of rotatable bonds is 4. The summed E-state index contributed by atoms with van der Waals surface area (Å²) < 4.78 is 5.62. The van der Waals surface area contributed by atoms with E-state index in [1.807, 2.05) is 6.92 Å². The molecule has 1 aromatic heterocycles. The fraction of sp³-hybridized carbons (Fsp3) is 0.500. The first-order chi connectivity index (χ1) is 10.3. The monoisotopic (exact) mass is 287 g/mol. The molecule has 2 heterocycles. The van der Waals surface area contributed by atoms with Crippen LogP contribution in [0.5, 0.6) is 0 Å². The Labute approximate surface area is 125 Å². The molecule has 1 fully saturated rings. The van der Waals surface area contributed by atoms with Gasteiger partial charge < -0.3 is 15.4 Å². The minimum Gasteiger partial charge on any atom is -0.376 e. The molecule has 21 heavy (non-hydrogen) atoms. The van der Waals surface area contributed by atoms with E-state index < -0.39 is 0 Å². The minimum absolute atomic E-state index is 0.0308. The van der Waals surface area contributed by atoms with Crippen molar-refractivity contribution in [1.29, 1.82) is 0 Å². The van der Waals surface area contributed by atoms with Gasteiger partial charge >= 0.3 is 0 Å². The van der Waals surface area contributed by atoms with E-state index in [9.17, 15) is 4.79 Å². The average Bonchev–Trinajstić information content (AvgIpc) is 3.03. The van der Waals surface area contributed by atoms with Gasteiger partial charge in [-0.25, -0.2) is 0 Å². The molecule has 5 heteroatoms. The third-order valence-corrected chi connectivity index (χ3v) is 3.49. The minimum atomic E-state index is -0.0308. The molecule has 0 aromatic carbocycles. The van der Waals surface area contributed by atoms with E-state index in [-0.39, 0.29) is 18.6 Å². The number of nitrogens with two attached hydrogens (primary N) is 1. The van der Waals surface area contributed by atoms with Gasteiger partial charge in [-0.15, -0.1) is 0 Å². The summed E-state index contributed by atoms with van der Waals surface area (Å²) in [4.78, 5) is 18.5. The topological polar surface area (TPSA) is 68.5 Å². The van der Waals surface area contributed by atoms with E-state index in [1.54, 1.807) is 23.4 Å². The van der Waals surface area contributed by atoms with Crippen LogP contribution in [0.25, 0.3) is 0 Å². The number of ether oxygens (including phenoxy) is 1. The summed E-state index contributed by atoms with van der Waals surface area (Å²) in [5, 5.41) is 0. The number of nitrogens with zero attached hydrogens (tertiary/aromatic N) is 2. The maximum absolute atomic E-state index is 12.7. The zero-order valence-electron chi connectivity index (χ0n) is 12.3. The first-order valence-electron chi connectivity index (χ1n) is 7.30. The Morgan fingerprint density at radius 1 is 1.62 bits per heavy atom. The lowest BCUT2D eigenvalue weighted by Gasteiger charge is -2.24. The van der Waals surface area contributed by atoms with Crippen molar-refractivity contribution in [3.8, 4) is 11.8 Å². The highest BCUT2D eigenvalue weighted by Gasteiger charge is 2.23. The zero-order valence-corrected chi connectivity index (χ0v) is 12.3. The number of hydrogen-bond donors (Lipinski definition) is 1. The highest BCUT2D eigenvalue weighted by molar-refractivity contribution is 5.96. The van der Waals surface area contributed by atoms with Crippen molar-refractivity contribution in [3.63, 3.8) is 0 Å². The second kappa shape index (κ2) is 7.77. The molecule has 0 bridgehead atoms. The summed E-state index contributed by atoms with van der Waals surface area (Å²) in [6.07, 6.45) is 5.45. The maximum atomic E-state index is 12.7. The summed E-state index contributed by atoms with van der Waals surface area (Å²) in [6.45, 7) is 4.29. The molecule has 0 saturated carbocycles. The lowest BCUT2D eigenvalue weighted by atomic mass is 10.1. The van der Waals surface area contributed by atoms with Crippen molar-refractivity contribution in [2.45, 2.75) is 25.9 Å². The maximum Gasteiger partial charge on any atom is 0.255 e. The average molecular weight is 287 g/mol. The highest BCUT2D eigenvalue weighted by atomic mass is 16.5. The molecular formula is C16H21N3O2. The molecule has 112 valence electrons. The van der Waals surface area contributed by atoms with E-state index in [0.717, 1.165) is 19.4 Å². The lowest BCUT2D eigenvalue weighted by molar-refractivity contribution is 0.0539. The largest absolute Gasteiger partial charge is 0.376 e. The molecule has 1 atom stereocenters. The van der Waals surface area contributed by atoms with Crippen LogP contribution in [0.1, 0.15) is 35.7 Å². The van der Waals surface area contributed by atoms with Gasteiger partial charge in [0.15, 0.2) is 0 Å². The van der Waals surface area contributed by atoms with Gasteiger partial charge in [0.1, 0.15) is 0 Å². The fourth-order valence-electron chi connectivity index (χ4n) is 2.39. The third kappa shape index (κ3) is 4.03. The number of carbonyl (C=O) groups excluding carboxylic acids is 1. The Kier molecular flexibility index (Phi) is 5.73. The van der Waals surface area contributed by atoms with Crippen LogP contribution in [-0.4, -0.2) is 48.1 Å². The Bertz CT molecular complexity index is 542. The van der Waals surface area contributed by atoms with Gasteiger partial charge in [0.05, 0.1) is 23.8 Å². The summed E-state index contributed by atoms with van der Waals surface area (Å²) >= 11 is 0. The van der Waals surface area contributed by atoms with Gasteiger partial charge in [0.25, 0.3) is 5.91 Å². The first-order valence-corrected chi connectivity index (χ1v) is 7.30. The predicted octanol–water partition coefficient (Wildman–Crippen LogP) is 1.03. The van der Waals surface area contributed by atoms with Gasteiger partial charge in [0, 0.05) is 32.1 Å². The molecule has 0 aliphatic carbocycles. The van der Waals surface area contributed by atoms with Crippen LogP contribution in [0.4, 0.5) is 0 Å². The molecule has 1 unspecified atom stereocenters. The molecule has 1 saturated heterocycles. The van der Waals surface area contributed by atoms with Crippen molar-refractivity contribution in [2.75, 3.05) is 26.2 Å².